The molecule has 1 fully saturated rings. The third-order valence-corrected chi connectivity index (χ3v) is 4.21. The molecule has 0 aliphatic heterocycles. The minimum atomic E-state index is 0.476. The van der Waals surface area contributed by atoms with Crippen LogP contribution in [0.25, 0.3) is 0 Å². The van der Waals surface area contributed by atoms with Crippen LogP contribution in [-0.4, -0.2) is 12.6 Å². The smallest absolute Gasteiger partial charge is 0.00682 e. The Morgan fingerprint density at radius 2 is 2.19 bits per heavy atom. The van der Waals surface area contributed by atoms with Gasteiger partial charge in [0.15, 0.2) is 0 Å². The topological polar surface area (TPSA) is 12.0 Å². The molecule has 1 N–H and O–H groups in total. The first-order valence-electron chi connectivity index (χ1n) is 6.40. The zero-order valence-corrected chi connectivity index (χ0v) is 11.3. The van der Waals surface area contributed by atoms with Gasteiger partial charge >= 0.3 is 0 Å². The molecule has 1 aromatic rings. The van der Waals surface area contributed by atoms with Crippen LogP contribution in [0.2, 0.25) is 0 Å². The van der Waals surface area contributed by atoms with Crippen LogP contribution in [-0.2, 0) is 6.42 Å². The van der Waals surface area contributed by atoms with Crippen molar-refractivity contribution in [2.75, 3.05) is 6.54 Å². The van der Waals surface area contributed by atoms with Gasteiger partial charge in [-0.05, 0) is 66.5 Å². The van der Waals surface area contributed by atoms with Gasteiger partial charge in [0.1, 0.15) is 0 Å². The van der Waals surface area contributed by atoms with Crippen LogP contribution in [0, 0.1) is 5.41 Å². The molecule has 90 valence electrons. The van der Waals surface area contributed by atoms with Gasteiger partial charge in [-0.25, -0.2) is 0 Å². The highest BCUT2D eigenvalue weighted by Crippen LogP contribution is 2.28. The Hall–Kier alpha value is -0.340. The summed E-state index contributed by atoms with van der Waals surface area (Å²) in [5.41, 5.74) is 1.98. The maximum atomic E-state index is 3.61. The van der Waals surface area contributed by atoms with E-state index in [1.165, 1.54) is 44.2 Å². The first-order chi connectivity index (χ1) is 7.66. The van der Waals surface area contributed by atoms with Crippen LogP contribution in [0.4, 0.5) is 0 Å². The highest BCUT2D eigenvalue weighted by atomic mass is 32.1. The SMILES string of the molecule is CC(C)(CCNC1CC1)CCc1ccsc1. The lowest BCUT2D eigenvalue weighted by molar-refractivity contribution is 0.302. The Morgan fingerprint density at radius 1 is 1.38 bits per heavy atom. The second-order valence-corrected chi connectivity index (χ2v) is 6.55. The normalized spacial score (nSPS) is 16.6. The van der Waals surface area contributed by atoms with Crippen molar-refractivity contribution in [1.82, 2.24) is 5.32 Å². The average molecular weight is 237 g/mol. The summed E-state index contributed by atoms with van der Waals surface area (Å²) in [6.07, 6.45) is 6.63. The van der Waals surface area contributed by atoms with Crippen molar-refractivity contribution in [2.45, 2.75) is 52.0 Å². The summed E-state index contributed by atoms with van der Waals surface area (Å²) in [6, 6.07) is 3.11. The minimum absolute atomic E-state index is 0.476. The zero-order valence-electron chi connectivity index (χ0n) is 10.5. The van der Waals surface area contributed by atoms with Crippen LogP contribution in [0.1, 0.15) is 45.1 Å². The molecular weight excluding hydrogens is 214 g/mol. The third kappa shape index (κ3) is 4.26. The molecule has 0 unspecified atom stereocenters. The molecule has 1 saturated carbocycles. The number of aryl methyl sites for hydroxylation is 1. The fraction of sp³-hybridized carbons (Fsp3) is 0.714. The Balaban J connectivity index is 1.64. The Labute approximate surface area is 103 Å². The number of rotatable bonds is 7. The van der Waals surface area contributed by atoms with Gasteiger partial charge in [0, 0.05) is 6.04 Å². The molecule has 0 spiro atoms. The molecule has 0 saturated heterocycles. The fourth-order valence-corrected chi connectivity index (χ4v) is 2.65. The third-order valence-electron chi connectivity index (χ3n) is 3.48. The fourth-order valence-electron chi connectivity index (χ4n) is 1.94. The number of thiophene rings is 1. The number of nitrogens with one attached hydrogen (secondary N) is 1. The van der Waals surface area contributed by atoms with Crippen LogP contribution in [0.5, 0.6) is 0 Å². The lowest BCUT2D eigenvalue weighted by Crippen LogP contribution is -2.24. The predicted octanol–water partition coefficient (Wildman–Crippen LogP) is 3.85. The summed E-state index contributed by atoms with van der Waals surface area (Å²) >= 11 is 1.81. The van der Waals surface area contributed by atoms with Crippen molar-refractivity contribution < 1.29 is 0 Å². The van der Waals surface area contributed by atoms with Gasteiger partial charge in [-0.1, -0.05) is 13.8 Å². The summed E-state index contributed by atoms with van der Waals surface area (Å²) in [7, 11) is 0. The minimum Gasteiger partial charge on any atom is -0.314 e. The monoisotopic (exact) mass is 237 g/mol. The molecule has 1 nitrogen and oxygen atoms in total. The molecule has 2 rings (SSSR count). The van der Waals surface area contributed by atoms with Gasteiger partial charge in [0.25, 0.3) is 0 Å². The summed E-state index contributed by atoms with van der Waals surface area (Å²) in [4.78, 5) is 0. The molecule has 0 bridgehead atoms. The van der Waals surface area contributed by atoms with E-state index in [2.05, 4.69) is 36.0 Å². The van der Waals surface area contributed by atoms with E-state index in [1.54, 1.807) is 0 Å². The van der Waals surface area contributed by atoms with E-state index in [0.717, 1.165) is 6.04 Å². The van der Waals surface area contributed by atoms with E-state index in [0.29, 0.717) is 5.41 Å². The van der Waals surface area contributed by atoms with Crippen molar-refractivity contribution in [2.24, 2.45) is 5.41 Å². The van der Waals surface area contributed by atoms with Crippen LogP contribution >= 0.6 is 11.3 Å². The molecule has 1 heterocycles. The van der Waals surface area contributed by atoms with Crippen LogP contribution < -0.4 is 5.32 Å². The van der Waals surface area contributed by atoms with E-state index in [4.69, 9.17) is 0 Å². The van der Waals surface area contributed by atoms with Gasteiger partial charge in [0.2, 0.25) is 0 Å². The van der Waals surface area contributed by atoms with Crippen molar-refractivity contribution in [3.63, 3.8) is 0 Å². The number of hydrogen-bond acceptors (Lipinski definition) is 2. The van der Waals surface area contributed by atoms with Gasteiger partial charge in [0.05, 0.1) is 0 Å². The molecular formula is C14H23NS. The molecule has 0 aromatic carbocycles. The van der Waals surface area contributed by atoms with Crippen molar-refractivity contribution >= 4 is 11.3 Å². The molecule has 0 radical (unpaired) electrons. The highest BCUT2D eigenvalue weighted by molar-refractivity contribution is 7.07. The molecule has 2 heteroatoms. The number of hydrogen-bond donors (Lipinski definition) is 1. The molecule has 0 amide bonds. The van der Waals surface area contributed by atoms with E-state index in [9.17, 15) is 0 Å². The molecule has 1 aliphatic carbocycles. The lowest BCUT2D eigenvalue weighted by Gasteiger charge is -2.24. The quantitative estimate of drug-likeness (QED) is 0.759. The van der Waals surface area contributed by atoms with Crippen molar-refractivity contribution in [3.05, 3.63) is 22.4 Å². The summed E-state index contributed by atoms with van der Waals surface area (Å²) in [5, 5.41) is 8.06. The average Bonchev–Trinajstić information content (AvgIpc) is 2.91. The van der Waals surface area contributed by atoms with E-state index in [-0.39, 0.29) is 0 Å². The Bertz CT molecular complexity index is 299. The van der Waals surface area contributed by atoms with E-state index in [1.807, 2.05) is 11.3 Å². The van der Waals surface area contributed by atoms with E-state index < -0.39 is 0 Å². The van der Waals surface area contributed by atoms with Gasteiger partial charge in [-0.2, -0.15) is 11.3 Å². The standard InChI is InChI=1S/C14H23NS/c1-14(2,8-9-15-13-3-4-13)7-5-12-6-10-16-11-12/h6,10-11,13,15H,3-5,7-9H2,1-2H3. The highest BCUT2D eigenvalue weighted by Gasteiger charge is 2.22. The molecule has 16 heavy (non-hydrogen) atoms. The predicted molar refractivity (Wildman–Crippen MR) is 72.1 cm³/mol. The largest absolute Gasteiger partial charge is 0.314 e. The molecule has 1 aliphatic rings. The van der Waals surface area contributed by atoms with Crippen LogP contribution in [0.15, 0.2) is 16.8 Å². The van der Waals surface area contributed by atoms with Crippen molar-refractivity contribution in [3.8, 4) is 0 Å². The maximum Gasteiger partial charge on any atom is 0.00682 e. The Kier molecular flexibility index (Phi) is 4.04. The first-order valence-corrected chi connectivity index (χ1v) is 7.34. The van der Waals surface area contributed by atoms with Crippen molar-refractivity contribution in [1.29, 1.82) is 0 Å². The molecule has 1 aromatic heterocycles. The first kappa shape index (κ1) is 12.1. The molecule has 0 atom stereocenters. The van der Waals surface area contributed by atoms with Crippen LogP contribution in [0.3, 0.4) is 0 Å². The van der Waals surface area contributed by atoms with Gasteiger partial charge < -0.3 is 5.32 Å². The second-order valence-electron chi connectivity index (χ2n) is 5.77. The zero-order chi connectivity index (χ0) is 11.4. The van der Waals surface area contributed by atoms with Gasteiger partial charge in [-0.15, -0.1) is 0 Å². The summed E-state index contributed by atoms with van der Waals surface area (Å²) in [6.45, 7) is 5.99. The maximum absolute atomic E-state index is 3.61. The summed E-state index contributed by atoms with van der Waals surface area (Å²) < 4.78 is 0. The van der Waals surface area contributed by atoms with E-state index >= 15 is 0 Å². The Morgan fingerprint density at radius 3 is 2.81 bits per heavy atom. The lowest BCUT2D eigenvalue weighted by atomic mass is 9.83. The second kappa shape index (κ2) is 5.33. The van der Waals surface area contributed by atoms with Gasteiger partial charge in [-0.3, -0.25) is 0 Å². The summed E-state index contributed by atoms with van der Waals surface area (Å²) in [5.74, 6) is 0.